The SMILES string of the molecule is CS(=O)(=O)NCCn1ccnn1. The lowest BCUT2D eigenvalue weighted by atomic mass is 10.6. The summed E-state index contributed by atoms with van der Waals surface area (Å²) < 4.78 is 25.1. The number of sulfonamides is 1. The van der Waals surface area contributed by atoms with Crippen molar-refractivity contribution in [2.45, 2.75) is 6.54 Å². The fraction of sp³-hybridized carbons (Fsp3) is 0.600. The van der Waals surface area contributed by atoms with Crippen molar-refractivity contribution in [1.29, 1.82) is 0 Å². The summed E-state index contributed by atoms with van der Waals surface area (Å²) in [4.78, 5) is 0. The Bertz CT molecular complexity index is 317. The average molecular weight is 190 g/mol. The van der Waals surface area contributed by atoms with Crippen LogP contribution in [-0.2, 0) is 16.6 Å². The van der Waals surface area contributed by atoms with Crippen LogP contribution in [0.15, 0.2) is 12.4 Å². The van der Waals surface area contributed by atoms with Crippen LogP contribution in [0.3, 0.4) is 0 Å². The lowest BCUT2D eigenvalue weighted by molar-refractivity contribution is 0.556. The molecule has 0 amide bonds. The van der Waals surface area contributed by atoms with Crippen molar-refractivity contribution in [3.05, 3.63) is 12.4 Å². The molecular formula is C5H10N4O2S. The lowest BCUT2D eigenvalue weighted by Crippen LogP contribution is -2.26. The predicted octanol–water partition coefficient (Wildman–Crippen LogP) is -1.17. The molecule has 0 saturated carbocycles. The van der Waals surface area contributed by atoms with E-state index in [2.05, 4.69) is 15.0 Å². The first-order valence-electron chi connectivity index (χ1n) is 3.37. The molecule has 0 fully saturated rings. The number of nitrogens with zero attached hydrogens (tertiary/aromatic N) is 3. The Morgan fingerprint density at radius 3 is 2.83 bits per heavy atom. The van der Waals surface area contributed by atoms with E-state index < -0.39 is 10.0 Å². The largest absolute Gasteiger partial charge is 0.251 e. The third kappa shape index (κ3) is 3.44. The van der Waals surface area contributed by atoms with Crippen LogP contribution in [0.4, 0.5) is 0 Å². The van der Waals surface area contributed by atoms with Crippen molar-refractivity contribution in [2.24, 2.45) is 0 Å². The van der Waals surface area contributed by atoms with Crippen LogP contribution in [0.25, 0.3) is 0 Å². The molecule has 68 valence electrons. The van der Waals surface area contributed by atoms with Crippen molar-refractivity contribution in [3.63, 3.8) is 0 Å². The fourth-order valence-electron chi connectivity index (χ4n) is 0.698. The zero-order valence-corrected chi connectivity index (χ0v) is 7.45. The van der Waals surface area contributed by atoms with Gasteiger partial charge in [0.05, 0.1) is 19.0 Å². The van der Waals surface area contributed by atoms with Crippen molar-refractivity contribution < 1.29 is 8.42 Å². The highest BCUT2D eigenvalue weighted by molar-refractivity contribution is 7.88. The van der Waals surface area contributed by atoms with Gasteiger partial charge in [0.1, 0.15) is 0 Å². The second-order valence-electron chi connectivity index (χ2n) is 2.33. The average Bonchev–Trinajstić information content (AvgIpc) is 2.36. The Kier molecular flexibility index (Phi) is 2.77. The van der Waals surface area contributed by atoms with Crippen molar-refractivity contribution in [3.8, 4) is 0 Å². The zero-order valence-electron chi connectivity index (χ0n) is 6.64. The van der Waals surface area contributed by atoms with E-state index in [1.165, 1.54) is 0 Å². The van der Waals surface area contributed by atoms with Gasteiger partial charge in [0.15, 0.2) is 0 Å². The molecule has 1 rings (SSSR count). The molecule has 0 aromatic carbocycles. The molecule has 6 nitrogen and oxygen atoms in total. The molecule has 0 aliphatic heterocycles. The molecule has 1 heterocycles. The Morgan fingerprint density at radius 1 is 1.58 bits per heavy atom. The van der Waals surface area contributed by atoms with Gasteiger partial charge in [0.2, 0.25) is 10.0 Å². The predicted molar refractivity (Wildman–Crippen MR) is 42.9 cm³/mol. The van der Waals surface area contributed by atoms with E-state index in [1.807, 2.05) is 0 Å². The minimum Gasteiger partial charge on any atom is -0.251 e. The third-order valence-electron chi connectivity index (χ3n) is 1.18. The van der Waals surface area contributed by atoms with Crippen LogP contribution >= 0.6 is 0 Å². The Morgan fingerprint density at radius 2 is 2.33 bits per heavy atom. The monoisotopic (exact) mass is 190 g/mol. The van der Waals surface area contributed by atoms with Gasteiger partial charge in [-0.15, -0.1) is 5.10 Å². The minimum atomic E-state index is -3.09. The van der Waals surface area contributed by atoms with E-state index in [1.54, 1.807) is 17.1 Å². The number of nitrogens with one attached hydrogen (secondary N) is 1. The van der Waals surface area contributed by atoms with Gasteiger partial charge in [-0.2, -0.15) is 0 Å². The van der Waals surface area contributed by atoms with E-state index in [9.17, 15) is 8.42 Å². The van der Waals surface area contributed by atoms with Gasteiger partial charge < -0.3 is 0 Å². The maximum atomic E-state index is 10.6. The van der Waals surface area contributed by atoms with Gasteiger partial charge >= 0.3 is 0 Å². The molecule has 0 aliphatic carbocycles. The highest BCUT2D eigenvalue weighted by atomic mass is 32.2. The molecule has 0 bridgehead atoms. The molecule has 0 spiro atoms. The van der Waals surface area contributed by atoms with Gasteiger partial charge in [-0.05, 0) is 0 Å². The van der Waals surface area contributed by atoms with Crippen LogP contribution in [0, 0.1) is 0 Å². The van der Waals surface area contributed by atoms with E-state index in [0.29, 0.717) is 13.1 Å². The summed E-state index contributed by atoms with van der Waals surface area (Å²) in [6.45, 7) is 0.829. The first-order chi connectivity index (χ1) is 5.58. The summed E-state index contributed by atoms with van der Waals surface area (Å²) in [5.41, 5.74) is 0. The van der Waals surface area contributed by atoms with Crippen LogP contribution < -0.4 is 4.72 Å². The van der Waals surface area contributed by atoms with Crippen LogP contribution in [-0.4, -0.2) is 36.2 Å². The fourth-order valence-corrected chi connectivity index (χ4v) is 1.16. The Labute approximate surface area is 70.6 Å². The van der Waals surface area contributed by atoms with Gasteiger partial charge in [-0.3, -0.25) is 4.68 Å². The molecule has 12 heavy (non-hydrogen) atoms. The smallest absolute Gasteiger partial charge is 0.208 e. The molecule has 0 radical (unpaired) electrons. The van der Waals surface area contributed by atoms with Gasteiger partial charge in [-0.1, -0.05) is 5.21 Å². The quantitative estimate of drug-likeness (QED) is 0.649. The number of hydrogen-bond acceptors (Lipinski definition) is 4. The summed E-state index contributed by atoms with van der Waals surface area (Å²) in [6.07, 6.45) is 4.33. The molecule has 0 aliphatic rings. The maximum absolute atomic E-state index is 10.6. The highest BCUT2D eigenvalue weighted by Gasteiger charge is 1.98. The molecule has 7 heteroatoms. The molecule has 1 aromatic heterocycles. The maximum Gasteiger partial charge on any atom is 0.208 e. The molecule has 1 N–H and O–H groups in total. The first kappa shape index (κ1) is 9.14. The van der Waals surface area contributed by atoms with Crippen molar-refractivity contribution in [1.82, 2.24) is 19.7 Å². The van der Waals surface area contributed by atoms with Gasteiger partial charge in [0.25, 0.3) is 0 Å². The highest BCUT2D eigenvalue weighted by Crippen LogP contribution is 1.80. The van der Waals surface area contributed by atoms with Crippen LogP contribution in [0.2, 0.25) is 0 Å². The van der Waals surface area contributed by atoms with E-state index in [4.69, 9.17) is 0 Å². The molecular weight excluding hydrogens is 180 g/mol. The molecule has 0 atom stereocenters. The van der Waals surface area contributed by atoms with E-state index in [-0.39, 0.29) is 0 Å². The summed E-state index contributed by atoms with van der Waals surface area (Å²) in [7, 11) is -3.09. The third-order valence-corrected chi connectivity index (χ3v) is 1.91. The van der Waals surface area contributed by atoms with Gasteiger partial charge in [-0.25, -0.2) is 13.1 Å². The normalized spacial score (nSPS) is 11.8. The van der Waals surface area contributed by atoms with E-state index in [0.717, 1.165) is 6.26 Å². The standard InChI is InChI=1S/C5H10N4O2S/c1-12(10,11)7-3-5-9-4-2-6-8-9/h2,4,7H,3,5H2,1H3. The number of rotatable bonds is 4. The topological polar surface area (TPSA) is 76.9 Å². The van der Waals surface area contributed by atoms with Crippen molar-refractivity contribution in [2.75, 3.05) is 12.8 Å². The number of aromatic nitrogens is 3. The molecule has 0 unspecified atom stereocenters. The summed E-state index contributed by atoms with van der Waals surface area (Å²) >= 11 is 0. The summed E-state index contributed by atoms with van der Waals surface area (Å²) in [5, 5.41) is 7.24. The van der Waals surface area contributed by atoms with Crippen LogP contribution in [0.1, 0.15) is 0 Å². The minimum absolute atomic E-state index is 0.336. The van der Waals surface area contributed by atoms with Crippen molar-refractivity contribution >= 4 is 10.0 Å². The second kappa shape index (κ2) is 3.63. The second-order valence-corrected chi connectivity index (χ2v) is 4.17. The number of hydrogen-bond donors (Lipinski definition) is 1. The van der Waals surface area contributed by atoms with E-state index >= 15 is 0 Å². The molecule has 1 aromatic rings. The summed E-state index contributed by atoms with van der Waals surface area (Å²) in [5.74, 6) is 0. The molecule has 0 saturated heterocycles. The van der Waals surface area contributed by atoms with Crippen LogP contribution in [0.5, 0.6) is 0 Å². The lowest BCUT2D eigenvalue weighted by Gasteiger charge is -2.00. The Balaban J connectivity index is 2.29. The zero-order chi connectivity index (χ0) is 9.03. The first-order valence-corrected chi connectivity index (χ1v) is 5.26. The van der Waals surface area contributed by atoms with Gasteiger partial charge in [0, 0.05) is 12.7 Å². The Hall–Kier alpha value is -0.950. The summed E-state index contributed by atoms with van der Waals surface area (Å²) in [6, 6.07) is 0.